The Morgan fingerprint density at radius 3 is 2.54 bits per heavy atom. The van der Waals surface area contributed by atoms with Crippen LogP contribution in [0.2, 0.25) is 0 Å². The van der Waals surface area contributed by atoms with Crippen molar-refractivity contribution in [3.63, 3.8) is 0 Å². The highest BCUT2D eigenvalue weighted by molar-refractivity contribution is 5.80. The summed E-state index contributed by atoms with van der Waals surface area (Å²) in [5, 5.41) is 3.47. The van der Waals surface area contributed by atoms with Crippen LogP contribution < -0.4 is 14.8 Å². The van der Waals surface area contributed by atoms with Gasteiger partial charge in [-0.25, -0.2) is 0 Å². The Balaban J connectivity index is 1.44. The van der Waals surface area contributed by atoms with Crippen LogP contribution in [-0.4, -0.2) is 74.8 Å². The number of aliphatic imine (C=N–C) groups is 1. The first-order valence-corrected chi connectivity index (χ1v) is 9.70. The maximum atomic E-state index is 5.97. The van der Waals surface area contributed by atoms with E-state index in [4.69, 9.17) is 9.47 Å². The SMILES string of the molecule is CN=C(NCC(C)Oc1ccc(OC)cc1)N1CCC(N2CCCC2)C1. The van der Waals surface area contributed by atoms with E-state index in [0.29, 0.717) is 6.04 Å². The van der Waals surface area contributed by atoms with Crippen LogP contribution in [0.25, 0.3) is 0 Å². The molecule has 0 spiro atoms. The van der Waals surface area contributed by atoms with Gasteiger partial charge in [0.15, 0.2) is 5.96 Å². The molecule has 0 amide bonds. The standard InChI is InChI=1S/C20H32N4O2/c1-16(26-19-8-6-18(25-3)7-9-19)14-22-20(21-2)24-13-10-17(15-24)23-11-4-5-12-23/h6-9,16-17H,4-5,10-15H2,1-3H3,(H,21,22). The minimum atomic E-state index is 0.0529. The monoisotopic (exact) mass is 360 g/mol. The molecule has 2 aliphatic heterocycles. The number of methoxy groups -OCH3 is 1. The molecule has 2 fully saturated rings. The number of rotatable bonds is 6. The summed E-state index contributed by atoms with van der Waals surface area (Å²) in [7, 11) is 3.53. The number of nitrogens with one attached hydrogen (secondary N) is 1. The van der Waals surface area contributed by atoms with Gasteiger partial charge in [-0.1, -0.05) is 0 Å². The summed E-state index contributed by atoms with van der Waals surface area (Å²) in [6.45, 7) is 7.47. The molecule has 0 saturated carbocycles. The highest BCUT2D eigenvalue weighted by Crippen LogP contribution is 2.21. The van der Waals surface area contributed by atoms with E-state index >= 15 is 0 Å². The molecule has 2 atom stereocenters. The van der Waals surface area contributed by atoms with Gasteiger partial charge in [0.05, 0.1) is 13.7 Å². The van der Waals surface area contributed by atoms with Crippen molar-refractivity contribution in [1.82, 2.24) is 15.1 Å². The molecule has 2 saturated heterocycles. The maximum absolute atomic E-state index is 5.97. The van der Waals surface area contributed by atoms with E-state index in [-0.39, 0.29) is 6.10 Å². The molecule has 0 radical (unpaired) electrons. The minimum absolute atomic E-state index is 0.0529. The van der Waals surface area contributed by atoms with Gasteiger partial charge < -0.3 is 19.7 Å². The van der Waals surface area contributed by atoms with E-state index < -0.39 is 0 Å². The Bertz CT molecular complexity index is 584. The molecule has 144 valence electrons. The van der Waals surface area contributed by atoms with Crippen LogP contribution >= 0.6 is 0 Å². The molecular weight excluding hydrogens is 328 g/mol. The summed E-state index contributed by atoms with van der Waals surface area (Å²) in [4.78, 5) is 9.49. The first kappa shape index (κ1) is 18.8. The second-order valence-corrected chi connectivity index (χ2v) is 7.16. The molecule has 1 N–H and O–H groups in total. The Morgan fingerprint density at radius 1 is 1.19 bits per heavy atom. The molecule has 2 heterocycles. The zero-order valence-corrected chi connectivity index (χ0v) is 16.3. The molecule has 2 aliphatic rings. The smallest absolute Gasteiger partial charge is 0.193 e. The number of guanidine groups is 1. The van der Waals surface area contributed by atoms with E-state index in [1.807, 2.05) is 31.3 Å². The van der Waals surface area contributed by atoms with E-state index in [9.17, 15) is 0 Å². The second kappa shape index (κ2) is 9.12. The zero-order chi connectivity index (χ0) is 18.4. The lowest BCUT2D eigenvalue weighted by Crippen LogP contribution is -2.45. The summed E-state index contributed by atoms with van der Waals surface area (Å²) < 4.78 is 11.2. The molecule has 0 aromatic heterocycles. The Labute approximate surface area is 157 Å². The van der Waals surface area contributed by atoms with Gasteiger partial charge in [-0.2, -0.15) is 0 Å². The first-order valence-electron chi connectivity index (χ1n) is 9.70. The predicted octanol–water partition coefficient (Wildman–Crippen LogP) is 2.21. The van der Waals surface area contributed by atoms with Gasteiger partial charge in [0.2, 0.25) is 0 Å². The average Bonchev–Trinajstić information content (AvgIpc) is 3.34. The van der Waals surface area contributed by atoms with Crippen molar-refractivity contribution in [1.29, 1.82) is 0 Å². The zero-order valence-electron chi connectivity index (χ0n) is 16.3. The molecule has 2 unspecified atom stereocenters. The number of likely N-dealkylation sites (tertiary alicyclic amines) is 2. The molecule has 26 heavy (non-hydrogen) atoms. The average molecular weight is 361 g/mol. The molecule has 1 aromatic carbocycles. The lowest BCUT2D eigenvalue weighted by atomic mass is 10.2. The number of ether oxygens (including phenoxy) is 2. The van der Waals surface area contributed by atoms with Crippen molar-refractivity contribution >= 4 is 5.96 Å². The normalized spacial score (nSPS) is 22.5. The van der Waals surface area contributed by atoms with Crippen LogP contribution in [0.4, 0.5) is 0 Å². The topological polar surface area (TPSA) is 49.3 Å². The van der Waals surface area contributed by atoms with Gasteiger partial charge in [0, 0.05) is 26.2 Å². The number of hydrogen-bond acceptors (Lipinski definition) is 4. The molecular formula is C20H32N4O2. The first-order chi connectivity index (χ1) is 12.7. The van der Waals surface area contributed by atoms with Gasteiger partial charge in [-0.3, -0.25) is 9.89 Å². The maximum Gasteiger partial charge on any atom is 0.193 e. The summed E-state index contributed by atoms with van der Waals surface area (Å²) in [5.41, 5.74) is 0. The Kier molecular flexibility index (Phi) is 6.61. The quantitative estimate of drug-likeness (QED) is 0.623. The molecule has 6 nitrogen and oxygen atoms in total. The molecule has 6 heteroatoms. The third-order valence-corrected chi connectivity index (χ3v) is 5.28. The lowest BCUT2D eigenvalue weighted by Gasteiger charge is -2.26. The second-order valence-electron chi connectivity index (χ2n) is 7.16. The summed E-state index contributed by atoms with van der Waals surface area (Å²) in [6, 6.07) is 8.38. The van der Waals surface area contributed by atoms with Gasteiger partial charge in [-0.15, -0.1) is 0 Å². The van der Waals surface area contributed by atoms with Gasteiger partial charge in [-0.05, 0) is 63.5 Å². The van der Waals surface area contributed by atoms with Crippen molar-refractivity contribution in [2.45, 2.75) is 38.3 Å². The van der Waals surface area contributed by atoms with Gasteiger partial charge in [0.25, 0.3) is 0 Å². The fourth-order valence-corrected chi connectivity index (χ4v) is 3.83. The third kappa shape index (κ3) is 4.81. The van der Waals surface area contributed by atoms with Crippen molar-refractivity contribution in [2.75, 3.05) is 46.9 Å². The summed E-state index contributed by atoms with van der Waals surface area (Å²) in [6.07, 6.45) is 3.99. The molecule has 1 aromatic rings. The van der Waals surface area contributed by atoms with Crippen molar-refractivity contribution in [2.24, 2.45) is 4.99 Å². The largest absolute Gasteiger partial charge is 0.497 e. The Morgan fingerprint density at radius 2 is 1.88 bits per heavy atom. The van der Waals surface area contributed by atoms with Crippen LogP contribution in [0.1, 0.15) is 26.2 Å². The lowest BCUT2D eigenvalue weighted by molar-refractivity contribution is 0.221. The molecule has 0 bridgehead atoms. The van der Waals surface area contributed by atoms with E-state index in [1.165, 1.54) is 32.4 Å². The number of benzene rings is 1. The number of hydrogen-bond donors (Lipinski definition) is 1. The summed E-state index contributed by atoms with van der Waals surface area (Å²) in [5.74, 6) is 2.67. The highest BCUT2D eigenvalue weighted by atomic mass is 16.5. The third-order valence-electron chi connectivity index (χ3n) is 5.28. The fourth-order valence-electron chi connectivity index (χ4n) is 3.83. The van der Waals surface area contributed by atoms with Crippen molar-refractivity contribution in [3.05, 3.63) is 24.3 Å². The van der Waals surface area contributed by atoms with Crippen LogP contribution in [0, 0.1) is 0 Å². The molecule has 0 aliphatic carbocycles. The Hall–Kier alpha value is -1.95. The highest BCUT2D eigenvalue weighted by Gasteiger charge is 2.30. The van der Waals surface area contributed by atoms with Crippen LogP contribution in [-0.2, 0) is 0 Å². The summed E-state index contributed by atoms with van der Waals surface area (Å²) >= 11 is 0. The van der Waals surface area contributed by atoms with Gasteiger partial charge >= 0.3 is 0 Å². The minimum Gasteiger partial charge on any atom is -0.497 e. The van der Waals surface area contributed by atoms with Crippen LogP contribution in [0.5, 0.6) is 11.5 Å². The van der Waals surface area contributed by atoms with Crippen LogP contribution in [0.15, 0.2) is 29.3 Å². The van der Waals surface area contributed by atoms with Gasteiger partial charge in [0.1, 0.15) is 17.6 Å². The predicted molar refractivity (Wildman–Crippen MR) is 105 cm³/mol. The fraction of sp³-hybridized carbons (Fsp3) is 0.650. The van der Waals surface area contributed by atoms with E-state index in [2.05, 4.69) is 27.0 Å². The van der Waals surface area contributed by atoms with E-state index in [0.717, 1.165) is 37.1 Å². The van der Waals surface area contributed by atoms with E-state index in [1.54, 1.807) is 7.11 Å². The van der Waals surface area contributed by atoms with Crippen LogP contribution in [0.3, 0.4) is 0 Å². The van der Waals surface area contributed by atoms with Crippen molar-refractivity contribution in [3.8, 4) is 11.5 Å². The number of nitrogens with zero attached hydrogens (tertiary/aromatic N) is 3. The molecule has 3 rings (SSSR count). The van der Waals surface area contributed by atoms with Crippen molar-refractivity contribution < 1.29 is 9.47 Å².